The van der Waals surface area contributed by atoms with Crippen molar-refractivity contribution in [1.82, 2.24) is 4.90 Å². The van der Waals surface area contributed by atoms with Gasteiger partial charge in [0.1, 0.15) is 5.75 Å². The minimum absolute atomic E-state index is 0.0562. The highest BCUT2D eigenvalue weighted by molar-refractivity contribution is 5.77. The lowest BCUT2D eigenvalue weighted by atomic mass is 9.99. The maximum atomic E-state index is 12.5. The third-order valence-electron chi connectivity index (χ3n) is 5.25. The first-order valence-corrected chi connectivity index (χ1v) is 10.2. The van der Waals surface area contributed by atoms with Crippen LogP contribution in [0.25, 0.3) is 0 Å². The van der Waals surface area contributed by atoms with Crippen LogP contribution in [0.5, 0.6) is 5.75 Å². The highest BCUT2D eigenvalue weighted by atomic mass is 16.5. The Kier molecular flexibility index (Phi) is 7.49. The lowest BCUT2D eigenvalue weighted by Gasteiger charge is -2.32. The van der Waals surface area contributed by atoms with Gasteiger partial charge in [-0.25, -0.2) is 0 Å². The zero-order valence-corrected chi connectivity index (χ0v) is 17.0. The number of likely N-dealkylation sites (tertiary alicyclic amines) is 1. The van der Waals surface area contributed by atoms with Crippen LogP contribution in [0.3, 0.4) is 0 Å². The Morgan fingerprint density at radius 2 is 1.86 bits per heavy atom. The second-order valence-corrected chi connectivity index (χ2v) is 7.86. The average molecular weight is 382 g/mol. The van der Waals surface area contributed by atoms with Crippen molar-refractivity contribution in [3.8, 4) is 5.75 Å². The zero-order chi connectivity index (χ0) is 19.8. The summed E-state index contributed by atoms with van der Waals surface area (Å²) in [5.74, 6) is 1.69. The van der Waals surface area contributed by atoms with Crippen LogP contribution in [0.2, 0.25) is 0 Å². The molecule has 0 radical (unpaired) electrons. The average Bonchev–Trinajstić information content (AvgIpc) is 2.73. The van der Waals surface area contributed by atoms with Gasteiger partial charge in [0.25, 0.3) is 5.91 Å². The van der Waals surface area contributed by atoms with E-state index in [9.17, 15) is 4.79 Å². The molecule has 0 bridgehead atoms. The molecule has 1 heterocycles. The highest BCUT2D eigenvalue weighted by Gasteiger charge is 2.24. The molecule has 4 nitrogen and oxygen atoms in total. The molecule has 150 valence electrons. The fraction of sp³-hybridized carbons (Fsp3) is 0.458. The van der Waals surface area contributed by atoms with E-state index >= 15 is 0 Å². The first-order chi connectivity index (χ1) is 13.6. The monoisotopic (exact) mass is 381 g/mol. The van der Waals surface area contributed by atoms with Crippen molar-refractivity contribution in [2.45, 2.75) is 39.2 Å². The molecule has 0 saturated carbocycles. The second-order valence-electron chi connectivity index (χ2n) is 7.86. The fourth-order valence-electron chi connectivity index (χ4n) is 3.53. The van der Waals surface area contributed by atoms with Gasteiger partial charge in [-0.15, -0.1) is 0 Å². The van der Waals surface area contributed by atoms with Crippen molar-refractivity contribution in [3.63, 3.8) is 0 Å². The Balaban J connectivity index is 1.41. The number of amides is 1. The zero-order valence-electron chi connectivity index (χ0n) is 17.0. The number of rotatable bonds is 8. The van der Waals surface area contributed by atoms with Gasteiger partial charge in [0.15, 0.2) is 6.61 Å². The number of ether oxygens (including phenoxy) is 2. The third kappa shape index (κ3) is 6.10. The van der Waals surface area contributed by atoms with Crippen LogP contribution in [0.4, 0.5) is 0 Å². The molecule has 3 rings (SSSR count). The Morgan fingerprint density at radius 3 is 2.57 bits per heavy atom. The molecule has 1 unspecified atom stereocenters. The van der Waals surface area contributed by atoms with E-state index in [4.69, 9.17) is 9.47 Å². The molecule has 28 heavy (non-hydrogen) atoms. The van der Waals surface area contributed by atoms with Gasteiger partial charge in [-0.05, 0) is 47.9 Å². The molecule has 2 aromatic rings. The Morgan fingerprint density at radius 1 is 1.11 bits per heavy atom. The van der Waals surface area contributed by atoms with Crippen molar-refractivity contribution in [2.75, 3.05) is 26.3 Å². The minimum atomic E-state index is 0.0562. The van der Waals surface area contributed by atoms with Gasteiger partial charge >= 0.3 is 0 Å². The first kappa shape index (κ1) is 20.4. The smallest absolute Gasteiger partial charge is 0.260 e. The summed E-state index contributed by atoms with van der Waals surface area (Å²) < 4.78 is 11.6. The summed E-state index contributed by atoms with van der Waals surface area (Å²) >= 11 is 0. The fourth-order valence-corrected chi connectivity index (χ4v) is 3.53. The van der Waals surface area contributed by atoms with E-state index < -0.39 is 0 Å². The molecule has 1 aliphatic rings. The summed E-state index contributed by atoms with van der Waals surface area (Å²) in [6.07, 6.45) is 2.13. The second kappa shape index (κ2) is 10.3. The first-order valence-electron chi connectivity index (χ1n) is 10.2. The standard InChI is InChI=1S/C24H31NO3/c1-19(2)22-10-12-23(13-11-22)28-18-24(26)25-14-6-9-21(15-25)17-27-16-20-7-4-3-5-8-20/h3-5,7-8,10-13,19,21H,6,9,14-18H2,1-2H3. The molecule has 1 saturated heterocycles. The maximum absolute atomic E-state index is 12.5. The molecular formula is C24H31NO3. The van der Waals surface area contributed by atoms with E-state index in [1.807, 2.05) is 35.2 Å². The van der Waals surface area contributed by atoms with E-state index in [2.05, 4.69) is 38.1 Å². The molecule has 1 atom stereocenters. The van der Waals surface area contributed by atoms with Crippen LogP contribution in [0, 0.1) is 5.92 Å². The topological polar surface area (TPSA) is 38.8 Å². The summed E-state index contributed by atoms with van der Waals surface area (Å²) in [6.45, 7) is 7.30. The predicted octanol–water partition coefficient (Wildman–Crippen LogP) is 4.64. The van der Waals surface area contributed by atoms with Gasteiger partial charge in [0, 0.05) is 13.1 Å². The number of benzene rings is 2. The highest BCUT2D eigenvalue weighted by Crippen LogP contribution is 2.20. The van der Waals surface area contributed by atoms with E-state index in [1.54, 1.807) is 0 Å². The Hall–Kier alpha value is -2.33. The lowest BCUT2D eigenvalue weighted by molar-refractivity contribution is -0.135. The summed E-state index contributed by atoms with van der Waals surface area (Å²) in [7, 11) is 0. The molecular weight excluding hydrogens is 350 g/mol. The van der Waals surface area contributed by atoms with Crippen molar-refractivity contribution >= 4 is 5.91 Å². The summed E-state index contributed by atoms with van der Waals surface area (Å²) in [5.41, 5.74) is 2.45. The van der Waals surface area contributed by atoms with Crippen molar-refractivity contribution < 1.29 is 14.3 Å². The van der Waals surface area contributed by atoms with Crippen molar-refractivity contribution in [2.24, 2.45) is 5.92 Å². The molecule has 1 fully saturated rings. The van der Waals surface area contributed by atoms with Gasteiger partial charge in [-0.2, -0.15) is 0 Å². The van der Waals surface area contributed by atoms with Crippen LogP contribution >= 0.6 is 0 Å². The Bertz CT molecular complexity index is 727. The van der Waals surface area contributed by atoms with Gasteiger partial charge in [0.05, 0.1) is 13.2 Å². The molecule has 4 heteroatoms. The van der Waals surface area contributed by atoms with Crippen LogP contribution < -0.4 is 4.74 Å². The van der Waals surface area contributed by atoms with Crippen molar-refractivity contribution in [1.29, 1.82) is 0 Å². The number of hydrogen-bond donors (Lipinski definition) is 0. The molecule has 1 aliphatic heterocycles. The molecule has 2 aromatic carbocycles. The van der Waals surface area contributed by atoms with Crippen LogP contribution in [0.1, 0.15) is 43.7 Å². The van der Waals surface area contributed by atoms with Crippen LogP contribution in [-0.4, -0.2) is 37.1 Å². The number of nitrogens with zero attached hydrogens (tertiary/aromatic N) is 1. The van der Waals surface area contributed by atoms with Crippen molar-refractivity contribution in [3.05, 3.63) is 65.7 Å². The van der Waals surface area contributed by atoms with E-state index in [0.29, 0.717) is 25.0 Å². The van der Waals surface area contributed by atoms with Gasteiger partial charge in [-0.3, -0.25) is 4.79 Å². The maximum Gasteiger partial charge on any atom is 0.260 e. The molecule has 1 amide bonds. The number of carbonyl (C=O) groups is 1. The Labute approximate surface area is 168 Å². The minimum Gasteiger partial charge on any atom is -0.484 e. The number of hydrogen-bond acceptors (Lipinski definition) is 3. The lowest BCUT2D eigenvalue weighted by Crippen LogP contribution is -2.43. The molecule has 0 aromatic heterocycles. The third-order valence-corrected chi connectivity index (χ3v) is 5.25. The molecule has 0 spiro atoms. The van der Waals surface area contributed by atoms with Gasteiger partial charge in [0.2, 0.25) is 0 Å². The van der Waals surface area contributed by atoms with E-state index in [0.717, 1.165) is 31.7 Å². The van der Waals surface area contributed by atoms with Gasteiger partial charge in [-0.1, -0.05) is 56.3 Å². The van der Waals surface area contributed by atoms with E-state index in [1.165, 1.54) is 11.1 Å². The van der Waals surface area contributed by atoms with E-state index in [-0.39, 0.29) is 12.5 Å². The summed E-state index contributed by atoms with van der Waals surface area (Å²) in [4.78, 5) is 14.5. The number of carbonyl (C=O) groups excluding carboxylic acids is 1. The summed E-state index contributed by atoms with van der Waals surface area (Å²) in [5, 5.41) is 0. The largest absolute Gasteiger partial charge is 0.484 e. The molecule has 0 N–H and O–H groups in total. The quantitative estimate of drug-likeness (QED) is 0.668. The summed E-state index contributed by atoms with van der Waals surface area (Å²) in [6, 6.07) is 18.2. The number of piperidine rings is 1. The van der Waals surface area contributed by atoms with Crippen LogP contribution in [-0.2, 0) is 16.1 Å². The predicted molar refractivity (Wildman–Crippen MR) is 111 cm³/mol. The van der Waals surface area contributed by atoms with Gasteiger partial charge < -0.3 is 14.4 Å². The normalized spacial score (nSPS) is 17.0. The molecule has 0 aliphatic carbocycles. The van der Waals surface area contributed by atoms with Crippen LogP contribution in [0.15, 0.2) is 54.6 Å². The SMILES string of the molecule is CC(C)c1ccc(OCC(=O)N2CCCC(COCc3ccccc3)C2)cc1.